The molecular weight excluding hydrogens is 243 g/mol. The van der Waals surface area contributed by atoms with Crippen LogP contribution in [0.5, 0.6) is 0 Å². The molecule has 16 heavy (non-hydrogen) atoms. The molecule has 7 heteroatoms. The Bertz CT molecular complexity index is 292. The number of thiol groups is 1. The average molecular weight is 255 g/mol. The summed E-state index contributed by atoms with van der Waals surface area (Å²) in [4.78, 5) is 0. The van der Waals surface area contributed by atoms with Crippen molar-refractivity contribution in [2.24, 2.45) is 0 Å². The number of ether oxygens (including phenoxy) is 2. The van der Waals surface area contributed by atoms with Crippen molar-refractivity contribution in [2.45, 2.75) is 18.9 Å². The predicted octanol–water partition coefficient (Wildman–Crippen LogP) is 2.31. The number of nitrogens with zero attached hydrogens (tertiary/aromatic N) is 1. The summed E-state index contributed by atoms with van der Waals surface area (Å²) < 4.78 is 47.2. The molecule has 0 aromatic carbocycles. The molecule has 3 nitrogen and oxygen atoms in total. The van der Waals surface area contributed by atoms with Crippen LogP contribution in [0.2, 0.25) is 0 Å². The summed E-state index contributed by atoms with van der Waals surface area (Å²) in [5.74, 6) is -0.272. The van der Waals surface area contributed by atoms with Gasteiger partial charge in [0.05, 0.1) is 11.6 Å². The molecule has 0 fully saturated rings. The summed E-state index contributed by atoms with van der Waals surface area (Å²) in [5.41, 5.74) is -1.38. The molecule has 0 aromatic heterocycles. The molecule has 0 aliphatic carbocycles. The monoisotopic (exact) mass is 255 g/mol. The van der Waals surface area contributed by atoms with Gasteiger partial charge in [-0.1, -0.05) is 0 Å². The van der Waals surface area contributed by atoms with Crippen LogP contribution in [-0.2, 0) is 9.47 Å². The Morgan fingerprint density at radius 2 is 1.88 bits per heavy atom. The summed E-state index contributed by atoms with van der Waals surface area (Å²) in [5, 5.41) is 8.58. The van der Waals surface area contributed by atoms with E-state index < -0.39 is 30.0 Å². The van der Waals surface area contributed by atoms with Crippen molar-refractivity contribution in [2.75, 3.05) is 20.0 Å². The van der Waals surface area contributed by atoms with Gasteiger partial charge in [-0.05, 0) is 0 Å². The molecular formula is C9H12F3NO2S. The van der Waals surface area contributed by atoms with Gasteiger partial charge in [0.1, 0.15) is 0 Å². The topological polar surface area (TPSA) is 42.2 Å². The van der Waals surface area contributed by atoms with Crippen LogP contribution < -0.4 is 0 Å². The normalized spacial score (nSPS) is 13.6. The van der Waals surface area contributed by atoms with Crippen molar-refractivity contribution in [3.63, 3.8) is 0 Å². The van der Waals surface area contributed by atoms with Gasteiger partial charge in [0, 0.05) is 32.0 Å². The Morgan fingerprint density at radius 3 is 2.12 bits per heavy atom. The van der Waals surface area contributed by atoms with Gasteiger partial charge in [0.15, 0.2) is 6.29 Å². The lowest BCUT2D eigenvalue weighted by atomic mass is 10.1. The maximum atomic E-state index is 12.6. The first-order valence-electron chi connectivity index (χ1n) is 4.26. The summed E-state index contributed by atoms with van der Waals surface area (Å²) in [6.45, 7) is 0. The average Bonchev–Trinajstić information content (AvgIpc) is 2.23. The zero-order valence-corrected chi connectivity index (χ0v) is 9.73. The zero-order chi connectivity index (χ0) is 12.8. The first kappa shape index (κ1) is 15.3. The predicted molar refractivity (Wildman–Crippen MR) is 55.0 cm³/mol. The fourth-order valence-electron chi connectivity index (χ4n) is 1.04. The third kappa shape index (κ3) is 4.43. The van der Waals surface area contributed by atoms with Crippen LogP contribution in [0, 0.1) is 11.3 Å². The maximum absolute atomic E-state index is 12.6. The third-order valence-corrected chi connectivity index (χ3v) is 2.21. The lowest BCUT2D eigenvalue weighted by Gasteiger charge is -2.18. The second-order valence-corrected chi connectivity index (χ2v) is 3.15. The van der Waals surface area contributed by atoms with Crippen molar-refractivity contribution >= 4 is 12.6 Å². The van der Waals surface area contributed by atoms with Crippen molar-refractivity contribution in [1.29, 1.82) is 5.26 Å². The van der Waals surface area contributed by atoms with Crippen LogP contribution in [0.25, 0.3) is 0 Å². The highest BCUT2D eigenvalue weighted by atomic mass is 32.1. The molecule has 0 saturated carbocycles. The summed E-state index contributed by atoms with van der Waals surface area (Å²) in [6.07, 6.45) is -6.14. The van der Waals surface area contributed by atoms with Crippen LogP contribution in [0.3, 0.4) is 0 Å². The number of methoxy groups -OCH3 is 2. The van der Waals surface area contributed by atoms with E-state index in [9.17, 15) is 13.2 Å². The van der Waals surface area contributed by atoms with Gasteiger partial charge in [0.25, 0.3) is 0 Å². The van der Waals surface area contributed by atoms with E-state index in [1.807, 2.05) is 0 Å². The largest absolute Gasteiger partial charge is 0.413 e. The number of alkyl halides is 3. The molecule has 0 aliphatic rings. The molecule has 0 radical (unpaired) electrons. The molecule has 0 N–H and O–H groups in total. The highest BCUT2D eigenvalue weighted by Crippen LogP contribution is 2.32. The number of hydrogen-bond acceptors (Lipinski definition) is 4. The molecule has 0 aromatic rings. The minimum atomic E-state index is -4.58. The van der Waals surface area contributed by atoms with E-state index in [0.717, 1.165) is 0 Å². The Labute approximate surface area is 97.2 Å². The second-order valence-electron chi connectivity index (χ2n) is 2.83. The lowest BCUT2D eigenvalue weighted by Crippen LogP contribution is -2.22. The number of nitriles is 1. The fourth-order valence-corrected chi connectivity index (χ4v) is 1.30. The van der Waals surface area contributed by atoms with E-state index >= 15 is 0 Å². The van der Waals surface area contributed by atoms with E-state index in [1.165, 1.54) is 20.3 Å². The first-order valence-corrected chi connectivity index (χ1v) is 4.89. The molecule has 0 atom stereocenters. The van der Waals surface area contributed by atoms with Crippen molar-refractivity contribution in [1.82, 2.24) is 0 Å². The lowest BCUT2D eigenvalue weighted by molar-refractivity contribution is -0.129. The van der Waals surface area contributed by atoms with Crippen LogP contribution in [0.1, 0.15) is 6.42 Å². The van der Waals surface area contributed by atoms with E-state index in [0.29, 0.717) is 0 Å². The molecule has 0 heterocycles. The molecule has 92 valence electrons. The Balaban J connectivity index is 5.13. The van der Waals surface area contributed by atoms with Gasteiger partial charge in [-0.2, -0.15) is 31.1 Å². The minimum Gasteiger partial charge on any atom is -0.356 e. The van der Waals surface area contributed by atoms with Crippen molar-refractivity contribution in [3.05, 3.63) is 11.1 Å². The zero-order valence-electron chi connectivity index (χ0n) is 8.84. The SMILES string of the molecule is COC(CC(=C(C#N)CS)C(F)(F)F)OC. The second kappa shape index (κ2) is 6.78. The molecule has 0 saturated heterocycles. The van der Waals surface area contributed by atoms with Crippen LogP contribution in [0.4, 0.5) is 13.2 Å². The van der Waals surface area contributed by atoms with Gasteiger partial charge in [0.2, 0.25) is 0 Å². The highest BCUT2D eigenvalue weighted by molar-refractivity contribution is 7.80. The van der Waals surface area contributed by atoms with Gasteiger partial charge < -0.3 is 9.47 Å². The smallest absolute Gasteiger partial charge is 0.356 e. The van der Waals surface area contributed by atoms with Crippen LogP contribution in [0.15, 0.2) is 11.1 Å². The van der Waals surface area contributed by atoms with Gasteiger partial charge in [-0.15, -0.1) is 0 Å². The number of hydrogen-bond donors (Lipinski definition) is 1. The van der Waals surface area contributed by atoms with Crippen molar-refractivity contribution < 1.29 is 22.6 Å². The quantitative estimate of drug-likeness (QED) is 0.465. The summed E-state index contributed by atoms with van der Waals surface area (Å²) in [7, 11) is 2.46. The molecule has 0 aliphatic heterocycles. The summed E-state index contributed by atoms with van der Waals surface area (Å²) in [6, 6.07) is 1.48. The number of halogens is 3. The maximum Gasteiger partial charge on any atom is 0.413 e. The molecule has 0 spiro atoms. The third-order valence-electron chi connectivity index (χ3n) is 1.90. The van der Waals surface area contributed by atoms with E-state index in [4.69, 9.17) is 5.26 Å². The number of rotatable bonds is 5. The minimum absolute atomic E-state index is 0.272. The first-order chi connectivity index (χ1) is 7.40. The van der Waals surface area contributed by atoms with Gasteiger partial charge in [-0.25, -0.2) is 0 Å². The van der Waals surface area contributed by atoms with E-state index in [-0.39, 0.29) is 5.75 Å². The van der Waals surface area contributed by atoms with Gasteiger partial charge in [-0.3, -0.25) is 0 Å². The molecule has 0 unspecified atom stereocenters. The van der Waals surface area contributed by atoms with Crippen LogP contribution >= 0.6 is 12.6 Å². The van der Waals surface area contributed by atoms with Crippen molar-refractivity contribution in [3.8, 4) is 6.07 Å². The Kier molecular flexibility index (Phi) is 6.48. The molecule has 0 rings (SSSR count). The van der Waals surface area contributed by atoms with E-state index in [1.54, 1.807) is 0 Å². The fraction of sp³-hybridized carbons (Fsp3) is 0.667. The van der Waals surface area contributed by atoms with E-state index in [2.05, 4.69) is 22.1 Å². The molecule has 0 bridgehead atoms. The van der Waals surface area contributed by atoms with Gasteiger partial charge >= 0.3 is 6.18 Å². The Hall–Kier alpha value is -0.710. The standard InChI is InChI=1S/C9H12F3NO2S/c1-14-8(15-2)3-7(9(10,11)12)6(4-13)5-16/h8,16H,3,5H2,1-2H3. The van der Waals surface area contributed by atoms with Crippen LogP contribution in [-0.4, -0.2) is 32.4 Å². The summed E-state index contributed by atoms with van der Waals surface area (Å²) >= 11 is 3.69. The Morgan fingerprint density at radius 1 is 1.38 bits per heavy atom. The highest BCUT2D eigenvalue weighted by Gasteiger charge is 2.37. The molecule has 0 amide bonds.